The van der Waals surface area contributed by atoms with Gasteiger partial charge >= 0.3 is 11.9 Å². The molecule has 0 aliphatic rings. The Bertz CT molecular complexity index is 252. The van der Waals surface area contributed by atoms with Gasteiger partial charge in [-0.25, -0.2) is 0 Å². The second-order valence-electron chi connectivity index (χ2n) is 2.07. The number of carboxylic acids is 2. The van der Waals surface area contributed by atoms with Gasteiger partial charge in [0.1, 0.15) is 6.42 Å². The van der Waals surface area contributed by atoms with Crippen molar-refractivity contribution < 1.29 is 19.8 Å². The maximum Gasteiger partial charge on any atom is 0.314 e. The van der Waals surface area contributed by atoms with Crippen LogP contribution < -0.4 is 34.6 Å². The monoisotopic (exact) mass is 252 g/mol. The lowest BCUT2D eigenvalue weighted by Gasteiger charge is -1.80. The summed E-state index contributed by atoms with van der Waals surface area (Å²) in [5.74, 6) is 6.21. The fourth-order valence-corrected chi connectivity index (χ4v) is 0.129. The van der Waals surface area contributed by atoms with Crippen LogP contribution in [-0.2, 0) is 9.59 Å². The molecule has 0 unspecified atom stereocenters. The molecule has 0 aromatic heterocycles. The number of carbonyl (C=O) groups is 2. The highest BCUT2D eigenvalue weighted by Crippen LogP contribution is 1.74. The van der Waals surface area contributed by atoms with Gasteiger partial charge in [-0.05, 0) is 0 Å². The number of guanidine groups is 2. The van der Waals surface area contributed by atoms with Crippen LogP contribution in [0.4, 0.5) is 0 Å². The fraction of sp³-hybridized carbons (Fsp3) is 0.200. The van der Waals surface area contributed by atoms with Crippen LogP contribution in [0.2, 0.25) is 0 Å². The third kappa shape index (κ3) is 62.2. The first-order chi connectivity index (χ1) is 7.67. The lowest BCUT2D eigenvalue weighted by molar-refractivity contribution is -0.147. The van der Waals surface area contributed by atoms with Crippen LogP contribution in [0, 0.1) is 0 Å². The lowest BCUT2D eigenvalue weighted by atomic mass is 10.5. The molecule has 0 aromatic rings. The zero-order chi connectivity index (χ0) is 14.4. The summed E-state index contributed by atoms with van der Waals surface area (Å²) in [6.45, 7) is 0. The smallest absolute Gasteiger partial charge is 0.314 e. The van der Waals surface area contributed by atoms with Gasteiger partial charge in [0.25, 0.3) is 0 Å². The maximum atomic E-state index is 9.43. The second kappa shape index (κ2) is 13.1. The van der Waals surface area contributed by atoms with Crippen molar-refractivity contribution in [1.82, 2.24) is 0 Å². The van der Waals surface area contributed by atoms with E-state index in [1.165, 1.54) is 0 Å². The number of hydrogen-bond donors (Lipinski definition) is 8. The summed E-state index contributed by atoms with van der Waals surface area (Å²) < 4.78 is 0. The first-order valence-corrected chi connectivity index (χ1v) is 3.68. The molecule has 12 nitrogen and oxygen atoms in total. The van der Waals surface area contributed by atoms with E-state index in [1.54, 1.807) is 0 Å². The Morgan fingerprint density at radius 1 is 0.824 bits per heavy atom. The number of hydrazone groups is 2. The van der Waals surface area contributed by atoms with Crippen LogP contribution in [0.25, 0.3) is 0 Å². The van der Waals surface area contributed by atoms with Crippen LogP contribution >= 0.6 is 0 Å². The topological polar surface area (TPSA) is 255 Å². The third-order valence-electron chi connectivity index (χ3n) is 0.601. The zero-order valence-electron chi connectivity index (χ0n) is 8.78. The molecule has 0 rings (SSSR count). The van der Waals surface area contributed by atoms with Crippen molar-refractivity contribution in [3.8, 4) is 0 Å². The molecule has 14 N–H and O–H groups in total. The number of aliphatic carboxylic acids is 2. The van der Waals surface area contributed by atoms with Crippen molar-refractivity contribution >= 4 is 23.9 Å². The Morgan fingerprint density at radius 3 is 1.00 bits per heavy atom. The number of hydrogen-bond acceptors (Lipinski definition) is 6. The Kier molecular flexibility index (Phi) is 15.1. The molecule has 0 saturated carbocycles. The molecule has 0 atom stereocenters. The van der Waals surface area contributed by atoms with Gasteiger partial charge in [0.15, 0.2) is 0 Å². The minimum atomic E-state index is -1.31. The van der Waals surface area contributed by atoms with E-state index in [4.69, 9.17) is 33.1 Å². The van der Waals surface area contributed by atoms with Crippen molar-refractivity contribution in [2.24, 2.45) is 44.8 Å². The zero-order valence-corrected chi connectivity index (χ0v) is 8.78. The second-order valence-corrected chi connectivity index (χ2v) is 2.07. The summed E-state index contributed by atoms with van der Waals surface area (Å²) in [5.41, 5.74) is 18.8. The van der Waals surface area contributed by atoms with Crippen molar-refractivity contribution in [2.45, 2.75) is 6.42 Å². The summed E-state index contributed by atoms with van der Waals surface area (Å²) in [6.07, 6.45) is -0.806. The number of nitrogens with zero attached hydrogens (tertiary/aromatic N) is 2. The Hall–Kier alpha value is -2.92. The average Bonchev–Trinajstić information content (AvgIpc) is 2.17. The van der Waals surface area contributed by atoms with Crippen LogP contribution in [0.1, 0.15) is 6.42 Å². The highest BCUT2D eigenvalue weighted by Gasteiger charge is 2.01. The van der Waals surface area contributed by atoms with E-state index in [2.05, 4.69) is 21.9 Å². The molecule has 0 heterocycles. The van der Waals surface area contributed by atoms with Crippen molar-refractivity contribution in [1.29, 1.82) is 0 Å². The van der Waals surface area contributed by atoms with Gasteiger partial charge in [-0.15, -0.1) is 10.2 Å². The largest absolute Gasteiger partial charge is 0.481 e. The molecule has 0 spiro atoms. The molecule has 0 fully saturated rings. The molecule has 0 saturated heterocycles. The van der Waals surface area contributed by atoms with Crippen molar-refractivity contribution in [3.05, 3.63) is 0 Å². The van der Waals surface area contributed by atoms with Crippen LogP contribution in [0.3, 0.4) is 0 Å². The van der Waals surface area contributed by atoms with E-state index in [1.807, 2.05) is 0 Å². The van der Waals surface area contributed by atoms with Crippen LogP contribution in [-0.4, -0.2) is 34.1 Å². The minimum absolute atomic E-state index is 0.0926. The summed E-state index contributed by atoms with van der Waals surface area (Å²) in [4.78, 5) is 18.9. The third-order valence-corrected chi connectivity index (χ3v) is 0.601. The van der Waals surface area contributed by atoms with E-state index < -0.39 is 18.4 Å². The molecular weight excluding hydrogens is 236 g/mol. The van der Waals surface area contributed by atoms with Gasteiger partial charge in [0.05, 0.1) is 0 Å². The van der Waals surface area contributed by atoms with Gasteiger partial charge in [0.2, 0.25) is 11.9 Å². The Labute approximate surface area is 95.9 Å². The number of nitrogens with two attached hydrogens (primary N) is 6. The van der Waals surface area contributed by atoms with Gasteiger partial charge in [-0.1, -0.05) is 0 Å². The maximum absolute atomic E-state index is 9.43. The summed E-state index contributed by atoms with van der Waals surface area (Å²) in [7, 11) is 0. The first kappa shape index (κ1) is 19.6. The summed E-state index contributed by atoms with van der Waals surface area (Å²) in [6, 6.07) is 0. The van der Waals surface area contributed by atoms with Gasteiger partial charge in [-0.3, -0.25) is 9.59 Å². The molecule has 0 aliphatic heterocycles. The number of carboxylic acid groups (broad SMARTS) is 2. The normalized spacial score (nSPS) is 7.06. The molecule has 0 radical (unpaired) electrons. The van der Waals surface area contributed by atoms with Gasteiger partial charge in [-0.2, -0.15) is 0 Å². The molecular formula is C5H16N8O4. The number of rotatable bonds is 2. The van der Waals surface area contributed by atoms with Gasteiger partial charge < -0.3 is 44.8 Å². The summed E-state index contributed by atoms with van der Waals surface area (Å²) in [5, 5.41) is 21.1. The minimum Gasteiger partial charge on any atom is -0.481 e. The van der Waals surface area contributed by atoms with Crippen LogP contribution in [0.5, 0.6) is 0 Å². The molecule has 17 heavy (non-hydrogen) atoms. The molecule has 0 amide bonds. The van der Waals surface area contributed by atoms with E-state index in [-0.39, 0.29) is 11.9 Å². The summed E-state index contributed by atoms with van der Waals surface area (Å²) >= 11 is 0. The molecule has 100 valence electrons. The molecule has 0 aromatic carbocycles. The Balaban J connectivity index is -0.000000177. The van der Waals surface area contributed by atoms with Crippen molar-refractivity contribution in [2.75, 3.05) is 0 Å². The first-order valence-electron chi connectivity index (χ1n) is 3.68. The fourth-order valence-electron chi connectivity index (χ4n) is 0.129. The Morgan fingerprint density at radius 2 is 1.00 bits per heavy atom. The van der Waals surface area contributed by atoms with Crippen molar-refractivity contribution in [3.63, 3.8) is 0 Å². The molecule has 0 aliphatic carbocycles. The predicted molar refractivity (Wildman–Crippen MR) is 59.9 cm³/mol. The molecule has 12 heteroatoms. The molecule has 0 bridgehead atoms. The van der Waals surface area contributed by atoms with E-state index >= 15 is 0 Å². The SMILES string of the molecule is NN=C(N)N.NN=C(N)N.O=C(O)CC(=O)O. The average molecular weight is 252 g/mol. The standard InChI is InChI=1S/C3H4O4.2CH6N4/c4-2(5)1-3(6)7;2*2-1(3)5-4/h1H2,(H,4,5)(H,6,7);2*4H2,(H4,2,3,5). The van der Waals surface area contributed by atoms with E-state index in [0.717, 1.165) is 0 Å². The van der Waals surface area contributed by atoms with E-state index in [0.29, 0.717) is 0 Å². The highest BCUT2D eigenvalue weighted by molar-refractivity contribution is 5.88. The van der Waals surface area contributed by atoms with Gasteiger partial charge in [0, 0.05) is 0 Å². The van der Waals surface area contributed by atoms with Crippen LogP contribution in [0.15, 0.2) is 10.2 Å². The highest BCUT2D eigenvalue weighted by atomic mass is 16.4. The quantitative estimate of drug-likeness (QED) is 0.0771. The van der Waals surface area contributed by atoms with E-state index in [9.17, 15) is 9.59 Å². The predicted octanol–water partition coefficient (Wildman–Crippen LogP) is -4.19. The lowest BCUT2D eigenvalue weighted by Crippen LogP contribution is -2.23.